The van der Waals surface area contributed by atoms with Gasteiger partial charge in [0.1, 0.15) is 18.7 Å². The van der Waals surface area contributed by atoms with E-state index in [-0.39, 0.29) is 25.0 Å². The highest BCUT2D eigenvalue weighted by molar-refractivity contribution is 5.91. The van der Waals surface area contributed by atoms with Crippen molar-refractivity contribution in [3.63, 3.8) is 0 Å². The number of carbonyl (C=O) groups excluding carboxylic acids is 4. The number of fused-ring (bicyclic) bond motifs is 3. The molecule has 9 nitrogen and oxygen atoms in total. The van der Waals surface area contributed by atoms with Crippen molar-refractivity contribution in [3.8, 4) is 11.1 Å². The standard InChI is InChI=1S/C26H32N4O5/c1-15(2)12-22(24(27)32)30-25(33)23(29-16(3)31)13-28-26(34)35-14-21-19-10-6-4-8-17(19)18-9-5-7-11-20(18)21/h4-11,15,21-23H,12-14H2,1-3H3,(H2,27,32)(H,28,34)(H,29,31)(H,30,33)/t22-,23-/m0/s1. The van der Waals surface area contributed by atoms with E-state index in [1.807, 2.05) is 62.4 Å². The molecule has 186 valence electrons. The van der Waals surface area contributed by atoms with E-state index in [0.717, 1.165) is 22.3 Å². The Labute approximate surface area is 204 Å². The predicted octanol–water partition coefficient (Wildman–Crippen LogP) is 2.05. The third-order valence-corrected chi connectivity index (χ3v) is 5.86. The normalized spacial score (nSPS) is 13.8. The minimum absolute atomic E-state index is 0.102. The van der Waals surface area contributed by atoms with Crippen LogP contribution in [-0.4, -0.2) is 49.1 Å². The van der Waals surface area contributed by atoms with Gasteiger partial charge in [0.15, 0.2) is 0 Å². The van der Waals surface area contributed by atoms with Crippen LogP contribution < -0.4 is 21.7 Å². The topological polar surface area (TPSA) is 140 Å². The molecule has 0 saturated carbocycles. The molecule has 0 spiro atoms. The van der Waals surface area contributed by atoms with Crippen LogP contribution in [0.25, 0.3) is 11.1 Å². The van der Waals surface area contributed by atoms with Crippen molar-refractivity contribution in [3.05, 3.63) is 59.7 Å². The van der Waals surface area contributed by atoms with Crippen LogP contribution >= 0.6 is 0 Å². The fourth-order valence-corrected chi connectivity index (χ4v) is 4.28. The summed E-state index contributed by atoms with van der Waals surface area (Å²) < 4.78 is 5.48. The Balaban J connectivity index is 1.60. The second-order valence-corrected chi connectivity index (χ2v) is 9.05. The van der Waals surface area contributed by atoms with Crippen LogP contribution in [-0.2, 0) is 19.1 Å². The molecular weight excluding hydrogens is 448 g/mol. The molecule has 1 aliphatic rings. The Morgan fingerprint density at radius 2 is 1.49 bits per heavy atom. The Morgan fingerprint density at radius 3 is 2.00 bits per heavy atom. The summed E-state index contributed by atoms with van der Waals surface area (Å²) in [7, 11) is 0. The fourth-order valence-electron chi connectivity index (χ4n) is 4.28. The highest BCUT2D eigenvalue weighted by atomic mass is 16.5. The van der Waals surface area contributed by atoms with E-state index in [4.69, 9.17) is 10.5 Å². The quantitative estimate of drug-likeness (QED) is 0.412. The van der Waals surface area contributed by atoms with Crippen molar-refractivity contribution in [2.45, 2.75) is 45.2 Å². The molecule has 4 amide bonds. The van der Waals surface area contributed by atoms with E-state index < -0.39 is 35.9 Å². The molecule has 0 fully saturated rings. The molecule has 9 heteroatoms. The molecule has 0 aromatic heterocycles. The van der Waals surface area contributed by atoms with Gasteiger partial charge in [-0.2, -0.15) is 0 Å². The van der Waals surface area contributed by atoms with Crippen molar-refractivity contribution in [2.75, 3.05) is 13.2 Å². The molecule has 0 unspecified atom stereocenters. The molecule has 1 aliphatic carbocycles. The number of amides is 4. The number of alkyl carbamates (subject to hydrolysis) is 1. The second-order valence-electron chi connectivity index (χ2n) is 9.05. The third kappa shape index (κ3) is 6.59. The molecule has 0 radical (unpaired) electrons. The summed E-state index contributed by atoms with van der Waals surface area (Å²) in [4.78, 5) is 48.5. The van der Waals surface area contributed by atoms with Crippen LogP contribution in [0, 0.1) is 5.92 Å². The number of hydrogen-bond acceptors (Lipinski definition) is 5. The largest absolute Gasteiger partial charge is 0.449 e. The number of nitrogens with one attached hydrogen (secondary N) is 3. The maximum atomic E-state index is 12.7. The van der Waals surface area contributed by atoms with Gasteiger partial charge in [-0.3, -0.25) is 14.4 Å². The maximum absolute atomic E-state index is 12.7. The molecular formula is C26H32N4O5. The van der Waals surface area contributed by atoms with Gasteiger partial charge in [-0.25, -0.2) is 4.79 Å². The first kappa shape index (κ1) is 25.7. The first-order chi connectivity index (χ1) is 16.7. The van der Waals surface area contributed by atoms with E-state index in [1.54, 1.807) is 0 Å². The fraction of sp³-hybridized carbons (Fsp3) is 0.385. The van der Waals surface area contributed by atoms with Crippen molar-refractivity contribution >= 4 is 23.8 Å². The predicted molar refractivity (Wildman–Crippen MR) is 131 cm³/mol. The number of benzene rings is 2. The molecule has 3 rings (SSSR count). The van der Waals surface area contributed by atoms with E-state index >= 15 is 0 Å². The van der Waals surface area contributed by atoms with Crippen molar-refractivity contribution in [1.82, 2.24) is 16.0 Å². The number of ether oxygens (including phenoxy) is 1. The maximum Gasteiger partial charge on any atom is 0.407 e. The molecule has 0 saturated heterocycles. The smallest absolute Gasteiger partial charge is 0.407 e. The first-order valence-electron chi connectivity index (χ1n) is 11.6. The van der Waals surface area contributed by atoms with E-state index in [0.29, 0.717) is 6.42 Å². The minimum atomic E-state index is -1.10. The van der Waals surface area contributed by atoms with Crippen molar-refractivity contribution < 1.29 is 23.9 Å². The molecule has 0 bridgehead atoms. The Kier molecular flexibility index (Phi) is 8.46. The van der Waals surface area contributed by atoms with Crippen LogP contribution in [0.5, 0.6) is 0 Å². The lowest BCUT2D eigenvalue weighted by atomic mass is 9.98. The van der Waals surface area contributed by atoms with Gasteiger partial charge in [-0.15, -0.1) is 0 Å². The zero-order valence-electron chi connectivity index (χ0n) is 20.2. The SMILES string of the molecule is CC(=O)N[C@@H](CNC(=O)OCC1c2ccccc2-c2ccccc21)C(=O)N[C@@H](CC(C)C)C(N)=O. The Morgan fingerprint density at radius 1 is 0.914 bits per heavy atom. The number of rotatable bonds is 10. The number of nitrogens with two attached hydrogens (primary N) is 1. The summed E-state index contributed by atoms with van der Waals surface area (Å²) in [6, 6.07) is 14.0. The van der Waals surface area contributed by atoms with Crippen LogP contribution in [0.3, 0.4) is 0 Å². The van der Waals surface area contributed by atoms with E-state index in [9.17, 15) is 19.2 Å². The summed E-state index contributed by atoms with van der Waals surface area (Å²) in [5.41, 5.74) is 9.79. The van der Waals surface area contributed by atoms with Crippen LogP contribution in [0.4, 0.5) is 4.79 Å². The highest BCUT2D eigenvalue weighted by Gasteiger charge is 2.30. The van der Waals surface area contributed by atoms with Crippen LogP contribution in [0.1, 0.15) is 44.2 Å². The van der Waals surface area contributed by atoms with Crippen molar-refractivity contribution in [1.29, 1.82) is 0 Å². The lowest BCUT2D eigenvalue weighted by Gasteiger charge is -2.23. The zero-order chi connectivity index (χ0) is 25.5. The number of primary amides is 1. The van der Waals surface area contributed by atoms with Gasteiger partial charge >= 0.3 is 6.09 Å². The molecule has 2 aromatic rings. The molecule has 35 heavy (non-hydrogen) atoms. The van der Waals surface area contributed by atoms with Crippen LogP contribution in [0.15, 0.2) is 48.5 Å². The first-order valence-corrected chi connectivity index (χ1v) is 11.6. The number of carbonyl (C=O) groups is 4. The van der Waals surface area contributed by atoms with E-state index in [2.05, 4.69) is 16.0 Å². The Hall–Kier alpha value is -3.88. The van der Waals surface area contributed by atoms with Gasteiger partial charge in [0.05, 0.1) is 6.54 Å². The summed E-state index contributed by atoms with van der Waals surface area (Å²) in [5.74, 6) is -1.73. The van der Waals surface area contributed by atoms with Crippen molar-refractivity contribution in [2.24, 2.45) is 11.7 Å². The van der Waals surface area contributed by atoms with Crippen LogP contribution in [0.2, 0.25) is 0 Å². The highest BCUT2D eigenvalue weighted by Crippen LogP contribution is 2.44. The Bertz CT molecular complexity index is 1060. The van der Waals surface area contributed by atoms with Gasteiger partial charge in [-0.05, 0) is 34.6 Å². The summed E-state index contributed by atoms with van der Waals surface area (Å²) in [5, 5.41) is 7.57. The van der Waals surface area contributed by atoms with E-state index in [1.165, 1.54) is 6.92 Å². The number of hydrogen-bond donors (Lipinski definition) is 4. The summed E-state index contributed by atoms with van der Waals surface area (Å²) in [6.07, 6.45) is -0.364. The summed E-state index contributed by atoms with van der Waals surface area (Å²) >= 11 is 0. The average molecular weight is 481 g/mol. The second kappa shape index (κ2) is 11.5. The zero-order valence-corrected chi connectivity index (χ0v) is 20.2. The molecule has 5 N–H and O–H groups in total. The lowest BCUT2D eigenvalue weighted by Crippen LogP contribution is -2.56. The minimum Gasteiger partial charge on any atom is -0.449 e. The molecule has 0 aliphatic heterocycles. The molecule has 2 aromatic carbocycles. The molecule has 2 atom stereocenters. The average Bonchev–Trinajstić information content (AvgIpc) is 3.13. The van der Waals surface area contributed by atoms with Gasteiger partial charge in [0, 0.05) is 12.8 Å². The van der Waals surface area contributed by atoms with Gasteiger partial charge < -0.3 is 26.4 Å². The molecule has 0 heterocycles. The summed E-state index contributed by atoms with van der Waals surface area (Å²) in [6.45, 7) is 4.95. The monoisotopic (exact) mass is 480 g/mol. The van der Waals surface area contributed by atoms with Gasteiger partial charge in [0.2, 0.25) is 17.7 Å². The lowest BCUT2D eigenvalue weighted by molar-refractivity contribution is -0.131. The van der Waals surface area contributed by atoms with Gasteiger partial charge in [-0.1, -0.05) is 62.4 Å². The third-order valence-electron chi connectivity index (χ3n) is 5.86. The van der Waals surface area contributed by atoms with Gasteiger partial charge in [0.25, 0.3) is 0 Å².